The third-order valence-corrected chi connectivity index (χ3v) is 5.96. The number of nitrogens with zero attached hydrogens (tertiary/aromatic N) is 4. The minimum atomic E-state index is -0.193. The van der Waals surface area contributed by atoms with E-state index in [1.807, 2.05) is 6.07 Å². The number of carbonyl (C=O) groups is 1. The van der Waals surface area contributed by atoms with Crippen molar-refractivity contribution in [2.75, 3.05) is 24.8 Å². The van der Waals surface area contributed by atoms with Crippen molar-refractivity contribution in [3.05, 3.63) is 46.5 Å². The molecular weight excluding hydrogens is 398 g/mol. The van der Waals surface area contributed by atoms with Crippen LogP contribution in [0.4, 0.5) is 17.3 Å². The van der Waals surface area contributed by atoms with Gasteiger partial charge in [0, 0.05) is 32.5 Å². The fourth-order valence-corrected chi connectivity index (χ4v) is 3.91. The van der Waals surface area contributed by atoms with Crippen LogP contribution in [0.3, 0.4) is 0 Å². The number of aromatic nitrogens is 4. The molecule has 0 spiro atoms. The minimum absolute atomic E-state index is 0.0371. The summed E-state index contributed by atoms with van der Waals surface area (Å²) in [5.41, 5.74) is 1.09. The molecule has 0 radical (unpaired) electrons. The molecule has 0 aromatic carbocycles. The van der Waals surface area contributed by atoms with E-state index in [2.05, 4.69) is 26.0 Å². The first-order valence-electron chi connectivity index (χ1n) is 10.5. The number of pyridine rings is 1. The summed E-state index contributed by atoms with van der Waals surface area (Å²) in [6.07, 6.45) is 7.21. The molecule has 2 saturated carbocycles. The Balaban J connectivity index is 1.49. The van der Waals surface area contributed by atoms with E-state index in [9.17, 15) is 9.59 Å². The van der Waals surface area contributed by atoms with Crippen LogP contribution in [0.15, 0.2) is 35.4 Å². The van der Waals surface area contributed by atoms with E-state index in [-0.39, 0.29) is 29.7 Å². The van der Waals surface area contributed by atoms with E-state index in [0.29, 0.717) is 28.5 Å². The Hall–Kier alpha value is -3.40. The van der Waals surface area contributed by atoms with Gasteiger partial charge in [-0.05, 0) is 37.8 Å². The van der Waals surface area contributed by atoms with Crippen molar-refractivity contribution in [1.29, 1.82) is 0 Å². The van der Waals surface area contributed by atoms with Crippen LogP contribution >= 0.6 is 0 Å². The maximum absolute atomic E-state index is 13.1. The van der Waals surface area contributed by atoms with Gasteiger partial charge in [-0.2, -0.15) is 9.61 Å². The summed E-state index contributed by atoms with van der Waals surface area (Å²) in [5, 5.41) is 13.5. The van der Waals surface area contributed by atoms with E-state index in [0.717, 1.165) is 25.7 Å². The van der Waals surface area contributed by atoms with Crippen molar-refractivity contribution in [1.82, 2.24) is 24.5 Å². The van der Waals surface area contributed by atoms with Gasteiger partial charge in [-0.3, -0.25) is 9.59 Å². The van der Waals surface area contributed by atoms with E-state index >= 15 is 0 Å². The molecule has 10 heteroatoms. The van der Waals surface area contributed by atoms with E-state index in [1.165, 1.54) is 6.20 Å². The lowest BCUT2D eigenvalue weighted by Crippen LogP contribution is -2.40. The molecule has 10 nitrogen and oxygen atoms in total. The van der Waals surface area contributed by atoms with Gasteiger partial charge in [0.1, 0.15) is 22.9 Å². The molecule has 3 aromatic heterocycles. The number of nitrogens with one attached hydrogen (secondary N) is 3. The largest absolute Gasteiger partial charge is 0.379 e. The molecule has 3 heterocycles. The molecule has 1 unspecified atom stereocenters. The molecule has 31 heavy (non-hydrogen) atoms. The molecule has 2 fully saturated rings. The van der Waals surface area contributed by atoms with Gasteiger partial charge in [-0.25, -0.2) is 4.98 Å². The summed E-state index contributed by atoms with van der Waals surface area (Å²) in [6, 6.07) is 5.58. The van der Waals surface area contributed by atoms with Crippen LogP contribution in [0.2, 0.25) is 0 Å². The van der Waals surface area contributed by atoms with Crippen LogP contribution in [-0.2, 0) is 4.74 Å². The average molecular weight is 423 g/mol. The molecule has 2 aliphatic carbocycles. The average Bonchev–Trinajstić information content (AvgIpc) is 3.45. The molecule has 3 N–H and O–H groups in total. The SMILES string of the molecule is CNc1cc(Nc2cccn([C@H]3CCC3OC)c2=O)nc2c(C(=O)NC3CC3)cnn12. The first-order chi connectivity index (χ1) is 15.1. The number of hydrogen-bond donors (Lipinski definition) is 3. The molecule has 0 aliphatic heterocycles. The van der Waals surface area contributed by atoms with Crippen molar-refractivity contribution in [2.45, 2.75) is 43.9 Å². The fourth-order valence-electron chi connectivity index (χ4n) is 3.91. The topological polar surface area (TPSA) is 115 Å². The molecule has 0 bridgehead atoms. The van der Waals surface area contributed by atoms with Crippen LogP contribution in [0.1, 0.15) is 42.1 Å². The van der Waals surface area contributed by atoms with Gasteiger partial charge < -0.3 is 25.3 Å². The third-order valence-electron chi connectivity index (χ3n) is 5.96. The Morgan fingerprint density at radius 1 is 1.26 bits per heavy atom. The van der Waals surface area contributed by atoms with Gasteiger partial charge in [0.2, 0.25) is 0 Å². The minimum Gasteiger partial charge on any atom is -0.379 e. The summed E-state index contributed by atoms with van der Waals surface area (Å²) in [4.78, 5) is 30.2. The summed E-state index contributed by atoms with van der Waals surface area (Å²) in [7, 11) is 3.44. The predicted octanol–water partition coefficient (Wildman–Crippen LogP) is 1.92. The summed E-state index contributed by atoms with van der Waals surface area (Å²) < 4.78 is 8.75. The molecular formula is C21H25N7O3. The first kappa shape index (κ1) is 19.6. The second-order valence-electron chi connectivity index (χ2n) is 8.00. The highest BCUT2D eigenvalue weighted by Crippen LogP contribution is 2.33. The lowest BCUT2D eigenvalue weighted by atomic mass is 9.88. The lowest BCUT2D eigenvalue weighted by Gasteiger charge is -2.36. The number of ether oxygens (including phenoxy) is 1. The van der Waals surface area contributed by atoms with Gasteiger partial charge in [0.15, 0.2) is 5.65 Å². The molecule has 5 rings (SSSR count). The number of hydrogen-bond acceptors (Lipinski definition) is 7. The van der Waals surface area contributed by atoms with Crippen molar-refractivity contribution in [2.24, 2.45) is 0 Å². The Labute approximate surface area is 178 Å². The second-order valence-corrected chi connectivity index (χ2v) is 8.00. The number of methoxy groups -OCH3 is 1. The molecule has 1 amide bonds. The zero-order valence-electron chi connectivity index (χ0n) is 17.5. The molecule has 0 saturated heterocycles. The highest BCUT2D eigenvalue weighted by atomic mass is 16.5. The van der Waals surface area contributed by atoms with E-state index in [4.69, 9.17) is 4.74 Å². The van der Waals surface area contributed by atoms with Crippen molar-refractivity contribution < 1.29 is 9.53 Å². The highest BCUT2D eigenvalue weighted by Gasteiger charge is 2.33. The lowest BCUT2D eigenvalue weighted by molar-refractivity contribution is -0.0103. The standard InChI is InChI=1S/C21H25N7O3/c1-22-18-10-17(26-19-13(11-23-28(18)19)20(29)24-12-5-6-12)25-14-4-3-9-27(21(14)30)15-7-8-16(15)31-2/h3-4,9-12,15-16,22H,5-8H2,1-2H3,(H,24,29)(H,25,26)/t15-,16?/m0/s1. The Bertz CT molecular complexity index is 1200. The van der Waals surface area contributed by atoms with Crippen molar-refractivity contribution >= 4 is 28.9 Å². The molecule has 2 atom stereocenters. The normalized spacial score (nSPS) is 20.3. The smallest absolute Gasteiger partial charge is 0.274 e. The van der Waals surface area contributed by atoms with Gasteiger partial charge in [-0.15, -0.1) is 0 Å². The van der Waals surface area contributed by atoms with Crippen LogP contribution in [0.5, 0.6) is 0 Å². The quantitative estimate of drug-likeness (QED) is 0.532. The number of rotatable bonds is 7. The maximum atomic E-state index is 13.1. The second kappa shape index (κ2) is 7.69. The van der Waals surface area contributed by atoms with Crippen LogP contribution in [-0.4, -0.2) is 51.4 Å². The van der Waals surface area contributed by atoms with Gasteiger partial charge in [0.25, 0.3) is 11.5 Å². The third kappa shape index (κ3) is 3.52. The van der Waals surface area contributed by atoms with Crippen LogP contribution in [0.25, 0.3) is 5.65 Å². The molecule has 162 valence electrons. The zero-order valence-corrected chi connectivity index (χ0v) is 17.5. The Morgan fingerprint density at radius 2 is 2.10 bits per heavy atom. The fraction of sp³-hybridized carbons (Fsp3) is 0.429. The van der Waals surface area contributed by atoms with E-state index in [1.54, 1.807) is 41.6 Å². The monoisotopic (exact) mass is 423 g/mol. The number of amides is 1. The zero-order chi connectivity index (χ0) is 21.5. The summed E-state index contributed by atoms with van der Waals surface area (Å²) in [5.74, 6) is 0.902. The van der Waals surface area contributed by atoms with Gasteiger partial charge in [-0.1, -0.05) is 0 Å². The highest BCUT2D eigenvalue weighted by molar-refractivity contribution is 6.00. The Kier molecular flexibility index (Phi) is 4.85. The van der Waals surface area contributed by atoms with Crippen molar-refractivity contribution in [3.63, 3.8) is 0 Å². The summed E-state index contributed by atoms with van der Waals surface area (Å²) in [6.45, 7) is 0. The van der Waals surface area contributed by atoms with Crippen LogP contribution in [0, 0.1) is 0 Å². The Morgan fingerprint density at radius 3 is 2.77 bits per heavy atom. The van der Waals surface area contributed by atoms with Crippen LogP contribution < -0.4 is 21.5 Å². The van der Waals surface area contributed by atoms with Gasteiger partial charge in [0.05, 0.1) is 18.3 Å². The van der Waals surface area contributed by atoms with Gasteiger partial charge >= 0.3 is 0 Å². The van der Waals surface area contributed by atoms with Crippen molar-refractivity contribution in [3.8, 4) is 0 Å². The number of fused-ring (bicyclic) bond motifs is 1. The van der Waals surface area contributed by atoms with E-state index < -0.39 is 0 Å². The molecule has 2 aliphatic rings. The predicted molar refractivity (Wildman–Crippen MR) is 116 cm³/mol. The number of carbonyl (C=O) groups excluding carboxylic acids is 1. The maximum Gasteiger partial charge on any atom is 0.274 e. The summed E-state index contributed by atoms with van der Waals surface area (Å²) >= 11 is 0. The molecule has 3 aromatic rings. The first-order valence-corrected chi connectivity index (χ1v) is 10.5. The number of anilines is 3.